The first-order chi connectivity index (χ1) is 10.8. The predicted molar refractivity (Wildman–Crippen MR) is 82.2 cm³/mol. The number of carbonyl (C=O) groups excluding carboxylic acids is 1. The molecule has 0 saturated carbocycles. The van der Waals surface area contributed by atoms with Crippen LogP contribution in [0.5, 0.6) is 0 Å². The Labute approximate surface area is 135 Å². The van der Waals surface area contributed by atoms with Gasteiger partial charge in [0.1, 0.15) is 4.88 Å². The van der Waals surface area contributed by atoms with Crippen molar-refractivity contribution >= 4 is 29.2 Å². The van der Waals surface area contributed by atoms with Gasteiger partial charge in [-0.05, 0) is 30.9 Å². The molecule has 0 spiro atoms. The summed E-state index contributed by atoms with van der Waals surface area (Å²) in [6.07, 6.45) is 0. The lowest BCUT2D eigenvalue weighted by atomic mass is 9.80. The molecule has 8 heteroatoms. The number of carboxylic acids is 2. The molecule has 1 aliphatic rings. The summed E-state index contributed by atoms with van der Waals surface area (Å²) in [5.41, 5.74) is 0.795. The van der Waals surface area contributed by atoms with Gasteiger partial charge in [-0.2, -0.15) is 0 Å². The molecule has 3 N–H and O–H groups in total. The highest BCUT2D eigenvalue weighted by atomic mass is 32.1. The molecule has 2 heterocycles. The van der Waals surface area contributed by atoms with Crippen molar-refractivity contribution in [2.45, 2.75) is 19.8 Å². The molecule has 0 unspecified atom stereocenters. The second kappa shape index (κ2) is 6.25. The van der Waals surface area contributed by atoms with E-state index in [4.69, 9.17) is 4.74 Å². The maximum Gasteiger partial charge on any atom is 0.348 e. The Morgan fingerprint density at radius 1 is 1.13 bits per heavy atom. The predicted octanol–water partition coefficient (Wildman–Crippen LogP) is 1.94. The SMILES string of the molecule is COC(=O)c1sccc1C1C(C(=O)O)=C(C)NC(C)=C1C(=O)O. The van der Waals surface area contributed by atoms with Gasteiger partial charge in [-0.1, -0.05) is 0 Å². The summed E-state index contributed by atoms with van der Waals surface area (Å²) in [6, 6.07) is 1.55. The van der Waals surface area contributed by atoms with Gasteiger partial charge in [0.25, 0.3) is 0 Å². The average Bonchev–Trinajstić information content (AvgIpc) is 2.93. The molecule has 1 aromatic rings. The fourth-order valence-electron chi connectivity index (χ4n) is 2.68. The third-order valence-electron chi connectivity index (χ3n) is 3.60. The lowest BCUT2D eigenvalue weighted by molar-refractivity contribution is -0.133. The lowest BCUT2D eigenvalue weighted by Crippen LogP contribution is -2.31. The van der Waals surface area contributed by atoms with E-state index in [1.165, 1.54) is 7.11 Å². The zero-order chi connectivity index (χ0) is 17.3. The number of esters is 1. The smallest absolute Gasteiger partial charge is 0.348 e. The number of allylic oxidation sites excluding steroid dienone is 2. The first-order valence-corrected chi connectivity index (χ1v) is 7.48. The molecule has 0 fully saturated rings. The number of carbonyl (C=O) groups is 3. The summed E-state index contributed by atoms with van der Waals surface area (Å²) in [5.74, 6) is -4.16. The van der Waals surface area contributed by atoms with Gasteiger partial charge in [-0.3, -0.25) is 0 Å². The molecule has 122 valence electrons. The largest absolute Gasteiger partial charge is 0.478 e. The molecule has 1 aliphatic heterocycles. The zero-order valence-electron chi connectivity index (χ0n) is 12.7. The van der Waals surface area contributed by atoms with Crippen molar-refractivity contribution in [2.75, 3.05) is 7.11 Å². The van der Waals surface area contributed by atoms with Gasteiger partial charge in [-0.25, -0.2) is 14.4 Å². The zero-order valence-corrected chi connectivity index (χ0v) is 13.5. The molecule has 23 heavy (non-hydrogen) atoms. The van der Waals surface area contributed by atoms with Crippen molar-refractivity contribution in [2.24, 2.45) is 0 Å². The van der Waals surface area contributed by atoms with E-state index in [0.717, 1.165) is 11.3 Å². The Morgan fingerprint density at radius 2 is 1.65 bits per heavy atom. The number of ether oxygens (including phenoxy) is 1. The van der Waals surface area contributed by atoms with E-state index >= 15 is 0 Å². The molecule has 0 aromatic carbocycles. The third-order valence-corrected chi connectivity index (χ3v) is 4.51. The summed E-state index contributed by atoms with van der Waals surface area (Å²) in [4.78, 5) is 35.4. The molecule has 7 nitrogen and oxygen atoms in total. The van der Waals surface area contributed by atoms with Crippen LogP contribution in [0, 0.1) is 0 Å². The van der Waals surface area contributed by atoms with Crippen LogP contribution in [0.15, 0.2) is 34.0 Å². The second-order valence-corrected chi connectivity index (χ2v) is 5.86. The molecule has 0 aliphatic carbocycles. The topological polar surface area (TPSA) is 113 Å². The highest BCUT2D eigenvalue weighted by Gasteiger charge is 2.38. The molecule has 0 amide bonds. The number of hydrogen-bond acceptors (Lipinski definition) is 6. The van der Waals surface area contributed by atoms with Crippen molar-refractivity contribution < 1.29 is 29.3 Å². The van der Waals surface area contributed by atoms with E-state index in [1.54, 1.807) is 25.3 Å². The van der Waals surface area contributed by atoms with Crippen LogP contribution in [0.25, 0.3) is 0 Å². The van der Waals surface area contributed by atoms with Crippen LogP contribution in [0.2, 0.25) is 0 Å². The molecule has 0 atom stereocenters. The van der Waals surface area contributed by atoms with E-state index in [0.29, 0.717) is 17.0 Å². The monoisotopic (exact) mass is 337 g/mol. The fraction of sp³-hybridized carbons (Fsp3) is 0.267. The molecular formula is C15H15NO6S. The van der Waals surface area contributed by atoms with Crippen molar-refractivity contribution in [3.63, 3.8) is 0 Å². The lowest BCUT2D eigenvalue weighted by Gasteiger charge is -2.28. The minimum absolute atomic E-state index is 0.100. The Bertz CT molecular complexity index is 722. The van der Waals surface area contributed by atoms with Gasteiger partial charge in [-0.15, -0.1) is 11.3 Å². The minimum atomic E-state index is -1.24. The van der Waals surface area contributed by atoms with Crippen LogP contribution in [-0.2, 0) is 14.3 Å². The van der Waals surface area contributed by atoms with Crippen molar-refractivity contribution in [1.29, 1.82) is 0 Å². The van der Waals surface area contributed by atoms with E-state index < -0.39 is 23.8 Å². The average molecular weight is 337 g/mol. The first kappa shape index (κ1) is 16.8. The van der Waals surface area contributed by atoms with Crippen LogP contribution < -0.4 is 5.32 Å². The molecule has 0 bridgehead atoms. The standard InChI is InChI=1S/C15H15NO6S/c1-6-9(13(17)18)11(10(14(19)20)7(2)16-6)8-4-5-23-12(8)15(21)22-3/h4-5,11,16H,1-3H3,(H,17,18)(H,19,20). The first-order valence-electron chi connectivity index (χ1n) is 6.60. The molecule has 0 saturated heterocycles. The van der Waals surface area contributed by atoms with Crippen molar-refractivity contribution in [3.8, 4) is 0 Å². The fourth-order valence-corrected chi connectivity index (χ4v) is 3.53. The van der Waals surface area contributed by atoms with E-state index in [2.05, 4.69) is 5.32 Å². The van der Waals surface area contributed by atoms with Gasteiger partial charge in [0.05, 0.1) is 24.2 Å². The van der Waals surface area contributed by atoms with Crippen LogP contribution in [0.3, 0.4) is 0 Å². The minimum Gasteiger partial charge on any atom is -0.478 e. The summed E-state index contributed by atoms with van der Waals surface area (Å²) >= 11 is 1.08. The van der Waals surface area contributed by atoms with Gasteiger partial charge >= 0.3 is 17.9 Å². The van der Waals surface area contributed by atoms with Crippen LogP contribution in [0.4, 0.5) is 0 Å². The number of aliphatic carboxylic acids is 2. The van der Waals surface area contributed by atoms with Gasteiger partial charge in [0.15, 0.2) is 0 Å². The summed E-state index contributed by atoms with van der Waals surface area (Å²) in [6.45, 7) is 3.12. The molecule has 1 aromatic heterocycles. The van der Waals surface area contributed by atoms with Gasteiger partial charge in [0.2, 0.25) is 0 Å². The number of hydrogen-bond donors (Lipinski definition) is 3. The quantitative estimate of drug-likeness (QED) is 0.720. The number of methoxy groups -OCH3 is 1. The van der Waals surface area contributed by atoms with Gasteiger partial charge in [0, 0.05) is 11.4 Å². The summed E-state index contributed by atoms with van der Waals surface area (Å²) < 4.78 is 4.70. The maximum atomic E-state index is 11.9. The molecule has 2 rings (SSSR count). The van der Waals surface area contributed by atoms with Crippen LogP contribution in [-0.4, -0.2) is 35.2 Å². The number of carboxylic acid groups (broad SMARTS) is 2. The van der Waals surface area contributed by atoms with E-state index in [-0.39, 0.29) is 16.0 Å². The summed E-state index contributed by atoms with van der Waals surface area (Å²) in [7, 11) is 1.21. The third kappa shape index (κ3) is 2.85. The Morgan fingerprint density at radius 3 is 2.09 bits per heavy atom. The molecular weight excluding hydrogens is 322 g/mol. The second-order valence-electron chi connectivity index (χ2n) is 4.94. The normalized spacial score (nSPS) is 15.4. The van der Waals surface area contributed by atoms with Crippen LogP contribution >= 0.6 is 11.3 Å². The Kier molecular flexibility index (Phi) is 4.55. The number of thiophene rings is 1. The van der Waals surface area contributed by atoms with Crippen molar-refractivity contribution in [3.05, 3.63) is 44.4 Å². The summed E-state index contributed by atoms with van der Waals surface area (Å²) in [5, 5.41) is 23.4. The Balaban J connectivity index is 2.73. The Hall–Kier alpha value is -2.61. The van der Waals surface area contributed by atoms with Crippen molar-refractivity contribution in [1.82, 2.24) is 5.32 Å². The molecule has 0 radical (unpaired) electrons. The number of nitrogens with one attached hydrogen (secondary N) is 1. The highest BCUT2D eigenvalue weighted by molar-refractivity contribution is 7.12. The number of dihydropyridines is 1. The van der Waals surface area contributed by atoms with Gasteiger partial charge < -0.3 is 20.3 Å². The number of rotatable bonds is 4. The van der Waals surface area contributed by atoms with E-state index in [1.807, 2.05) is 0 Å². The maximum absolute atomic E-state index is 11.9. The highest BCUT2D eigenvalue weighted by Crippen LogP contribution is 2.41. The van der Waals surface area contributed by atoms with E-state index in [9.17, 15) is 24.6 Å². The van der Waals surface area contributed by atoms with Crippen LogP contribution in [0.1, 0.15) is 35.0 Å².